The molecule has 0 N–H and O–H groups in total. The minimum atomic E-state index is -0.251. The maximum Gasteiger partial charge on any atom is 0.163 e. The van der Waals surface area contributed by atoms with Crippen LogP contribution >= 0.6 is 0 Å². The summed E-state index contributed by atoms with van der Waals surface area (Å²) in [6.45, 7) is 3.65. The van der Waals surface area contributed by atoms with Crippen molar-refractivity contribution in [1.29, 1.82) is 0 Å². The predicted octanol–water partition coefficient (Wildman–Crippen LogP) is 4.99. The lowest BCUT2D eigenvalue weighted by Gasteiger charge is -2.21. The van der Waals surface area contributed by atoms with Crippen LogP contribution in [0.5, 0.6) is 0 Å². The summed E-state index contributed by atoms with van der Waals surface area (Å²) in [6, 6.07) is 2.92. The number of aryl methyl sites for hydroxylation is 2. The summed E-state index contributed by atoms with van der Waals surface area (Å²) in [5.74, 6) is 0.651. The molecule has 0 atom stereocenters. The van der Waals surface area contributed by atoms with E-state index in [0.29, 0.717) is 6.42 Å². The Hall–Kier alpha value is -1.18. The highest BCUT2D eigenvalue weighted by molar-refractivity contribution is 5.98. The lowest BCUT2D eigenvalue weighted by Crippen LogP contribution is -2.11. The lowest BCUT2D eigenvalue weighted by molar-refractivity contribution is 0.0969. The summed E-state index contributed by atoms with van der Waals surface area (Å²) < 4.78 is 13.2. The summed E-state index contributed by atoms with van der Waals surface area (Å²) in [4.78, 5) is 12.3. The van der Waals surface area contributed by atoms with E-state index in [9.17, 15) is 9.18 Å². The molecule has 0 unspecified atom stereocenters. The smallest absolute Gasteiger partial charge is 0.163 e. The Morgan fingerprint density at radius 2 is 1.74 bits per heavy atom. The van der Waals surface area contributed by atoms with Gasteiger partial charge in [-0.1, -0.05) is 32.1 Å². The summed E-state index contributed by atoms with van der Waals surface area (Å²) in [5.41, 5.74) is 2.27. The molecule has 0 amide bonds. The number of benzene rings is 1. The van der Waals surface area contributed by atoms with Gasteiger partial charge in [-0.15, -0.1) is 0 Å². The van der Waals surface area contributed by atoms with Gasteiger partial charge in [0.2, 0.25) is 0 Å². The molecule has 0 radical (unpaired) electrons. The molecule has 0 heterocycles. The third-order valence-electron chi connectivity index (χ3n) is 4.28. The normalized spacial score (nSPS) is 16.6. The molecule has 104 valence electrons. The van der Waals surface area contributed by atoms with E-state index >= 15 is 0 Å². The van der Waals surface area contributed by atoms with Gasteiger partial charge in [-0.25, -0.2) is 4.39 Å². The molecule has 0 saturated heterocycles. The number of rotatable bonds is 4. The summed E-state index contributed by atoms with van der Waals surface area (Å²) in [6.07, 6.45) is 8.12. The first-order valence-electron chi connectivity index (χ1n) is 7.38. The van der Waals surface area contributed by atoms with Crippen molar-refractivity contribution in [2.75, 3.05) is 0 Å². The van der Waals surface area contributed by atoms with Crippen molar-refractivity contribution in [3.05, 3.63) is 34.6 Å². The molecule has 2 rings (SSSR count). The third-order valence-corrected chi connectivity index (χ3v) is 4.28. The van der Waals surface area contributed by atoms with E-state index in [2.05, 4.69) is 0 Å². The van der Waals surface area contributed by atoms with Gasteiger partial charge in [-0.05, 0) is 49.4 Å². The summed E-state index contributed by atoms with van der Waals surface area (Å²) >= 11 is 0. The highest BCUT2D eigenvalue weighted by Gasteiger charge is 2.18. The van der Waals surface area contributed by atoms with Gasteiger partial charge in [0.25, 0.3) is 0 Å². The van der Waals surface area contributed by atoms with E-state index < -0.39 is 0 Å². The second kappa shape index (κ2) is 6.31. The number of carbonyl (C=O) groups is 1. The first-order chi connectivity index (χ1) is 9.08. The molecule has 1 saturated carbocycles. The highest BCUT2D eigenvalue weighted by atomic mass is 19.1. The van der Waals surface area contributed by atoms with Crippen LogP contribution in [-0.2, 0) is 0 Å². The zero-order valence-corrected chi connectivity index (χ0v) is 12.0. The van der Waals surface area contributed by atoms with Crippen molar-refractivity contribution in [2.45, 2.75) is 58.8 Å². The SMILES string of the molecule is Cc1cc(F)cc(C)c1C(=O)CCC1CCCCC1. The molecule has 1 nitrogen and oxygen atoms in total. The molecule has 1 fully saturated rings. The van der Waals surface area contributed by atoms with E-state index in [1.165, 1.54) is 44.2 Å². The number of hydrogen-bond donors (Lipinski definition) is 0. The van der Waals surface area contributed by atoms with E-state index in [0.717, 1.165) is 29.0 Å². The van der Waals surface area contributed by atoms with Gasteiger partial charge in [0.15, 0.2) is 5.78 Å². The highest BCUT2D eigenvalue weighted by Crippen LogP contribution is 2.28. The standard InChI is InChI=1S/C17H23FO/c1-12-10-15(18)11-13(2)17(12)16(19)9-8-14-6-4-3-5-7-14/h10-11,14H,3-9H2,1-2H3. The molecule has 2 heteroatoms. The Bertz CT molecular complexity index is 435. The number of hydrogen-bond acceptors (Lipinski definition) is 1. The fourth-order valence-electron chi connectivity index (χ4n) is 3.29. The Labute approximate surface area is 115 Å². The quantitative estimate of drug-likeness (QED) is 0.699. The molecule has 0 aliphatic heterocycles. The van der Waals surface area contributed by atoms with Crippen LogP contribution in [0.3, 0.4) is 0 Å². The minimum absolute atomic E-state index is 0.181. The van der Waals surface area contributed by atoms with Crippen molar-refractivity contribution in [3.63, 3.8) is 0 Å². The van der Waals surface area contributed by atoms with Crippen LogP contribution in [0.15, 0.2) is 12.1 Å². The van der Waals surface area contributed by atoms with Gasteiger partial charge in [-0.2, -0.15) is 0 Å². The van der Waals surface area contributed by atoms with Crippen LogP contribution in [0.2, 0.25) is 0 Å². The summed E-state index contributed by atoms with van der Waals surface area (Å²) in [7, 11) is 0. The van der Waals surface area contributed by atoms with Gasteiger partial charge in [0.05, 0.1) is 0 Å². The van der Waals surface area contributed by atoms with Crippen molar-refractivity contribution >= 4 is 5.78 Å². The van der Waals surface area contributed by atoms with E-state index in [4.69, 9.17) is 0 Å². The molecule has 0 bridgehead atoms. The van der Waals surface area contributed by atoms with Crippen LogP contribution in [0, 0.1) is 25.6 Å². The molecule has 1 aromatic rings. The number of Topliss-reactive ketones (excluding diaryl/α,β-unsaturated/α-hetero) is 1. The average Bonchev–Trinajstić information content (AvgIpc) is 2.36. The average molecular weight is 262 g/mol. The molecule has 0 aromatic heterocycles. The van der Waals surface area contributed by atoms with Gasteiger partial charge < -0.3 is 0 Å². The second-order valence-electron chi connectivity index (χ2n) is 5.88. The molecule has 19 heavy (non-hydrogen) atoms. The maximum absolute atomic E-state index is 13.2. The first-order valence-corrected chi connectivity index (χ1v) is 7.38. The van der Waals surface area contributed by atoms with Crippen LogP contribution in [-0.4, -0.2) is 5.78 Å². The van der Waals surface area contributed by atoms with Crippen LogP contribution < -0.4 is 0 Å². The predicted molar refractivity (Wildman–Crippen MR) is 76.0 cm³/mol. The Balaban J connectivity index is 1.99. The van der Waals surface area contributed by atoms with Crippen molar-refractivity contribution in [2.24, 2.45) is 5.92 Å². The Morgan fingerprint density at radius 1 is 1.16 bits per heavy atom. The Kier molecular flexibility index (Phi) is 4.73. The Morgan fingerprint density at radius 3 is 2.32 bits per heavy atom. The van der Waals surface area contributed by atoms with E-state index in [1.54, 1.807) is 0 Å². The molecule has 0 spiro atoms. The lowest BCUT2D eigenvalue weighted by atomic mass is 9.84. The zero-order chi connectivity index (χ0) is 13.8. The molecule has 1 aromatic carbocycles. The molecule has 1 aliphatic rings. The van der Waals surface area contributed by atoms with E-state index in [1.807, 2.05) is 13.8 Å². The fraction of sp³-hybridized carbons (Fsp3) is 0.588. The van der Waals surface area contributed by atoms with Crippen LogP contribution in [0.4, 0.5) is 4.39 Å². The summed E-state index contributed by atoms with van der Waals surface area (Å²) in [5, 5.41) is 0. The monoisotopic (exact) mass is 262 g/mol. The molecule has 1 aliphatic carbocycles. The van der Waals surface area contributed by atoms with Crippen molar-refractivity contribution < 1.29 is 9.18 Å². The number of halogens is 1. The first kappa shape index (κ1) is 14.2. The fourth-order valence-corrected chi connectivity index (χ4v) is 3.29. The van der Waals surface area contributed by atoms with Gasteiger partial charge in [0, 0.05) is 12.0 Å². The topological polar surface area (TPSA) is 17.1 Å². The largest absolute Gasteiger partial charge is 0.294 e. The van der Waals surface area contributed by atoms with Crippen LogP contribution in [0.1, 0.15) is 66.4 Å². The van der Waals surface area contributed by atoms with Gasteiger partial charge >= 0.3 is 0 Å². The van der Waals surface area contributed by atoms with Crippen molar-refractivity contribution in [1.82, 2.24) is 0 Å². The third kappa shape index (κ3) is 3.65. The molecular formula is C17H23FO. The number of ketones is 1. The van der Waals surface area contributed by atoms with Gasteiger partial charge in [0.1, 0.15) is 5.82 Å². The van der Waals surface area contributed by atoms with E-state index in [-0.39, 0.29) is 11.6 Å². The second-order valence-corrected chi connectivity index (χ2v) is 5.88. The van der Waals surface area contributed by atoms with Gasteiger partial charge in [-0.3, -0.25) is 4.79 Å². The van der Waals surface area contributed by atoms with Crippen LogP contribution in [0.25, 0.3) is 0 Å². The maximum atomic E-state index is 13.2. The van der Waals surface area contributed by atoms with Crippen molar-refractivity contribution in [3.8, 4) is 0 Å². The minimum Gasteiger partial charge on any atom is -0.294 e. The number of carbonyl (C=O) groups excluding carboxylic acids is 1. The molecular weight excluding hydrogens is 239 g/mol. The zero-order valence-electron chi connectivity index (χ0n) is 12.0.